The van der Waals surface area contributed by atoms with Gasteiger partial charge in [-0.05, 0) is 92.0 Å². The highest BCUT2D eigenvalue weighted by Gasteiger charge is 2.45. The van der Waals surface area contributed by atoms with Crippen molar-refractivity contribution in [2.75, 3.05) is 0 Å². The third kappa shape index (κ3) is 5.33. The summed E-state index contributed by atoms with van der Waals surface area (Å²) >= 11 is 0. The lowest BCUT2D eigenvalue weighted by molar-refractivity contribution is 0.103. The molecule has 314 valence electrons. The Labute approximate surface area is 381 Å². The molecule has 0 radical (unpaired) electrons. The van der Waals surface area contributed by atoms with Gasteiger partial charge in [0.05, 0.1) is 0 Å². The Hall–Kier alpha value is -8.08. The van der Waals surface area contributed by atoms with Crippen molar-refractivity contribution in [3.63, 3.8) is 0 Å². The van der Waals surface area contributed by atoms with E-state index in [0.717, 1.165) is 77.3 Å². The molecule has 0 amide bonds. The molecule has 0 unspecified atom stereocenters. The minimum atomic E-state index is -0.385. The van der Waals surface area contributed by atoms with Crippen LogP contribution in [0.2, 0.25) is 0 Å². The molecule has 0 fully saturated rings. The zero-order valence-corrected chi connectivity index (χ0v) is 37.0. The van der Waals surface area contributed by atoms with Crippen LogP contribution in [0, 0.1) is 0 Å². The fraction of sp³-hybridized carbons (Fsp3) is 0.0968. The van der Waals surface area contributed by atoms with Gasteiger partial charge in [0, 0.05) is 65.8 Å². The van der Waals surface area contributed by atoms with Crippen LogP contribution in [0.15, 0.2) is 191 Å². The van der Waals surface area contributed by atoms with Crippen molar-refractivity contribution in [3.05, 3.63) is 226 Å². The summed E-state index contributed by atoms with van der Waals surface area (Å²) in [5, 5.41) is 4.27. The quantitative estimate of drug-likeness (QED) is 0.156. The third-order valence-electron chi connectivity index (χ3n) is 14.7. The van der Waals surface area contributed by atoms with Crippen LogP contribution in [0.3, 0.4) is 0 Å². The molecule has 2 aliphatic carbocycles. The Kier molecular flexibility index (Phi) is 7.98. The zero-order valence-electron chi connectivity index (χ0n) is 37.0. The van der Waals surface area contributed by atoms with E-state index in [-0.39, 0.29) is 22.4 Å². The smallest absolute Gasteiger partial charge is 0.193 e. The van der Waals surface area contributed by atoms with E-state index in [2.05, 4.69) is 113 Å². The number of furan rings is 2. The van der Waals surface area contributed by atoms with Gasteiger partial charge in [0.15, 0.2) is 11.6 Å². The highest BCUT2D eigenvalue weighted by atomic mass is 16.3. The first-order valence-corrected chi connectivity index (χ1v) is 22.7. The lowest BCUT2D eigenvalue weighted by Gasteiger charge is -2.24. The molecule has 66 heavy (non-hydrogen) atoms. The molecule has 0 spiro atoms. The first kappa shape index (κ1) is 38.4. The molecule has 9 aromatic carbocycles. The second-order valence-corrected chi connectivity index (χ2v) is 19.0. The van der Waals surface area contributed by atoms with E-state index in [0.29, 0.717) is 22.3 Å². The average molecular weight is 851 g/mol. The average Bonchev–Trinajstić information content (AvgIpc) is 4.06. The van der Waals surface area contributed by atoms with Crippen molar-refractivity contribution < 1.29 is 18.4 Å². The van der Waals surface area contributed by atoms with Gasteiger partial charge in [0.2, 0.25) is 0 Å². The Bertz CT molecular complexity index is 3610. The van der Waals surface area contributed by atoms with Crippen molar-refractivity contribution in [3.8, 4) is 44.5 Å². The van der Waals surface area contributed by atoms with Crippen LogP contribution in [-0.2, 0) is 10.8 Å². The number of carbonyl (C=O) groups excluding carboxylic acids is 2. The number of rotatable bonds is 6. The maximum absolute atomic E-state index is 13.5. The van der Waals surface area contributed by atoms with Gasteiger partial charge in [-0.2, -0.15) is 0 Å². The first-order chi connectivity index (χ1) is 32.1. The maximum Gasteiger partial charge on any atom is 0.193 e. The highest BCUT2D eigenvalue weighted by Crippen LogP contribution is 2.61. The molecule has 0 saturated carbocycles. The molecule has 0 saturated heterocycles. The fourth-order valence-electron chi connectivity index (χ4n) is 11.2. The van der Waals surface area contributed by atoms with Gasteiger partial charge in [-0.15, -0.1) is 0 Å². The molecule has 4 heteroatoms. The largest absolute Gasteiger partial charge is 0.455 e. The standard InChI is InChI=1S/C62H42O4/c1-61(2)47-33-46-48(34-45(47)55-49(61)31-43(53-41-19-11-13-21-51(41)65-59(53)55)35-23-27-39(28-24-35)57(63)37-15-7-5-8-16-37)62(3,4)50-32-44(54-42-20-12-14-22-52(42)66-60(54)56(46)50)36-25-29-40(30-26-36)58(64)38-17-9-6-10-18-38/h5-34H,1-4H3. The number of carbonyl (C=O) groups is 2. The van der Waals surface area contributed by atoms with Gasteiger partial charge < -0.3 is 8.83 Å². The Morgan fingerprint density at radius 1 is 0.364 bits per heavy atom. The van der Waals surface area contributed by atoms with Crippen LogP contribution in [0.4, 0.5) is 0 Å². The summed E-state index contributed by atoms with van der Waals surface area (Å²) in [7, 11) is 0. The zero-order chi connectivity index (χ0) is 44.6. The number of para-hydroxylation sites is 2. The predicted molar refractivity (Wildman–Crippen MR) is 267 cm³/mol. The monoisotopic (exact) mass is 850 g/mol. The summed E-state index contributed by atoms with van der Waals surface area (Å²) in [6, 6.07) is 61.3. The SMILES string of the molecule is CC1(C)c2cc3c(cc2-c2c1cc(-c1ccc(C(=O)c4ccccc4)cc1)c1c2oc2ccccc21)C(C)(C)c1cc(-c2ccc(C(=O)c4ccccc4)cc2)c2c(oc4ccccc42)c1-3. The molecule has 2 aliphatic rings. The van der Waals surface area contributed by atoms with Gasteiger partial charge in [-0.25, -0.2) is 0 Å². The van der Waals surface area contributed by atoms with Crippen molar-refractivity contribution in [2.24, 2.45) is 0 Å². The normalized spacial score (nSPS) is 14.1. The minimum absolute atomic E-state index is 0.00571. The molecular weight excluding hydrogens is 809 g/mol. The van der Waals surface area contributed by atoms with E-state index in [9.17, 15) is 9.59 Å². The van der Waals surface area contributed by atoms with Crippen LogP contribution in [-0.4, -0.2) is 11.6 Å². The van der Waals surface area contributed by atoms with Crippen LogP contribution < -0.4 is 0 Å². The lowest BCUT2D eigenvalue weighted by Crippen LogP contribution is -2.17. The second kappa shape index (κ2) is 13.7. The predicted octanol–water partition coefficient (Wildman–Crippen LogP) is 15.9. The molecule has 4 nitrogen and oxygen atoms in total. The van der Waals surface area contributed by atoms with E-state index >= 15 is 0 Å². The first-order valence-electron chi connectivity index (χ1n) is 22.7. The van der Waals surface area contributed by atoms with Gasteiger partial charge in [-0.3, -0.25) is 9.59 Å². The highest BCUT2D eigenvalue weighted by molar-refractivity contribution is 6.21. The summed E-state index contributed by atoms with van der Waals surface area (Å²) in [6.45, 7) is 9.32. The lowest BCUT2D eigenvalue weighted by atomic mass is 9.78. The van der Waals surface area contributed by atoms with Gasteiger partial charge in [0.25, 0.3) is 0 Å². The number of benzene rings is 9. The fourth-order valence-corrected chi connectivity index (χ4v) is 11.2. The van der Waals surface area contributed by atoms with E-state index < -0.39 is 0 Å². The van der Waals surface area contributed by atoms with Crippen LogP contribution in [0.1, 0.15) is 81.8 Å². The summed E-state index contributed by atoms with van der Waals surface area (Å²) in [5.74, 6) is 0.0114. The molecule has 0 aliphatic heterocycles. The summed E-state index contributed by atoms with van der Waals surface area (Å²) in [4.78, 5) is 26.9. The summed E-state index contributed by atoms with van der Waals surface area (Å²) in [6.07, 6.45) is 0. The summed E-state index contributed by atoms with van der Waals surface area (Å²) < 4.78 is 13.9. The van der Waals surface area contributed by atoms with E-state index in [1.807, 2.05) is 97.1 Å². The number of hydrogen-bond acceptors (Lipinski definition) is 4. The van der Waals surface area contributed by atoms with Crippen molar-refractivity contribution in [1.82, 2.24) is 0 Å². The molecule has 2 heterocycles. The van der Waals surface area contributed by atoms with Gasteiger partial charge in [0.1, 0.15) is 22.3 Å². The number of ketones is 2. The van der Waals surface area contributed by atoms with Crippen molar-refractivity contribution >= 4 is 55.4 Å². The molecule has 0 N–H and O–H groups in total. The van der Waals surface area contributed by atoms with Gasteiger partial charge in [-0.1, -0.05) is 173 Å². The van der Waals surface area contributed by atoms with Crippen molar-refractivity contribution in [2.45, 2.75) is 38.5 Å². The Morgan fingerprint density at radius 2 is 0.697 bits per heavy atom. The van der Waals surface area contributed by atoms with Crippen LogP contribution >= 0.6 is 0 Å². The van der Waals surface area contributed by atoms with E-state index in [4.69, 9.17) is 8.83 Å². The maximum atomic E-state index is 13.5. The minimum Gasteiger partial charge on any atom is -0.455 e. The molecule has 13 rings (SSSR count). The van der Waals surface area contributed by atoms with Crippen LogP contribution in [0.25, 0.3) is 88.4 Å². The Morgan fingerprint density at radius 3 is 1.09 bits per heavy atom. The van der Waals surface area contributed by atoms with E-state index in [1.54, 1.807) is 0 Å². The summed E-state index contributed by atoms with van der Waals surface area (Å²) in [5.41, 5.74) is 19.1. The molecule has 0 bridgehead atoms. The third-order valence-corrected chi connectivity index (χ3v) is 14.7. The molecular formula is C62H42O4. The molecule has 2 aromatic heterocycles. The van der Waals surface area contributed by atoms with Crippen molar-refractivity contribution in [1.29, 1.82) is 0 Å². The number of hydrogen-bond donors (Lipinski definition) is 0. The second-order valence-electron chi connectivity index (χ2n) is 19.0. The van der Waals surface area contributed by atoms with E-state index in [1.165, 1.54) is 33.4 Å². The Balaban J connectivity index is 0.991. The van der Waals surface area contributed by atoms with Crippen LogP contribution in [0.5, 0.6) is 0 Å². The molecule has 0 atom stereocenters. The number of fused-ring (bicyclic) bond motifs is 14. The topological polar surface area (TPSA) is 60.4 Å². The molecule has 11 aromatic rings. The van der Waals surface area contributed by atoms with Gasteiger partial charge >= 0.3 is 0 Å².